The van der Waals surface area contributed by atoms with Gasteiger partial charge in [0, 0.05) is 12.1 Å². The van der Waals surface area contributed by atoms with Crippen LogP contribution in [0.2, 0.25) is 0 Å². The summed E-state index contributed by atoms with van der Waals surface area (Å²) in [4.78, 5) is 24.1. The maximum absolute atomic E-state index is 12.3. The third-order valence-electron chi connectivity index (χ3n) is 3.77. The molecular formula is C18H24N4O4S. The van der Waals surface area contributed by atoms with E-state index in [0.717, 1.165) is 0 Å². The Morgan fingerprint density at radius 2 is 1.93 bits per heavy atom. The van der Waals surface area contributed by atoms with Crippen LogP contribution >= 0.6 is 11.8 Å². The van der Waals surface area contributed by atoms with Crippen molar-refractivity contribution in [2.75, 3.05) is 13.7 Å². The zero-order chi connectivity index (χ0) is 19.8. The normalized spacial score (nSPS) is 11.7. The van der Waals surface area contributed by atoms with E-state index in [-0.39, 0.29) is 23.7 Å². The summed E-state index contributed by atoms with van der Waals surface area (Å²) in [5, 5.41) is 11.3. The van der Waals surface area contributed by atoms with Crippen molar-refractivity contribution in [3.8, 4) is 5.75 Å². The Hall–Kier alpha value is -2.55. The molecule has 0 aliphatic heterocycles. The molecule has 0 unspecified atom stereocenters. The Labute approximate surface area is 162 Å². The molecule has 146 valence electrons. The van der Waals surface area contributed by atoms with Crippen LogP contribution in [0.4, 0.5) is 0 Å². The van der Waals surface area contributed by atoms with Gasteiger partial charge in [0.05, 0.1) is 20.3 Å². The van der Waals surface area contributed by atoms with Gasteiger partial charge in [-0.25, -0.2) is 0 Å². The van der Waals surface area contributed by atoms with Gasteiger partial charge in [-0.05, 0) is 45.0 Å². The first kappa shape index (κ1) is 20.8. The molecule has 8 nitrogen and oxygen atoms in total. The molecule has 1 heterocycles. The Morgan fingerprint density at radius 1 is 1.22 bits per heavy atom. The second-order valence-corrected chi connectivity index (χ2v) is 6.87. The van der Waals surface area contributed by atoms with Crippen LogP contribution in [0.5, 0.6) is 5.75 Å². The molecule has 0 aliphatic carbocycles. The van der Waals surface area contributed by atoms with E-state index in [1.807, 2.05) is 11.5 Å². The first-order chi connectivity index (χ1) is 13.0. The van der Waals surface area contributed by atoms with E-state index in [1.54, 1.807) is 45.2 Å². The fourth-order valence-electron chi connectivity index (χ4n) is 2.32. The zero-order valence-corrected chi connectivity index (χ0v) is 16.7. The van der Waals surface area contributed by atoms with Gasteiger partial charge in [-0.1, -0.05) is 11.8 Å². The summed E-state index contributed by atoms with van der Waals surface area (Å²) >= 11 is 1.29. The van der Waals surface area contributed by atoms with Gasteiger partial charge in [-0.2, -0.15) is 0 Å². The number of aromatic nitrogens is 3. The molecule has 0 bridgehead atoms. The number of hydrogen-bond donors (Lipinski definition) is 1. The molecule has 1 amide bonds. The molecule has 2 rings (SSSR count). The number of rotatable bonds is 9. The number of benzene rings is 1. The fraction of sp³-hybridized carbons (Fsp3) is 0.444. The van der Waals surface area contributed by atoms with E-state index in [2.05, 4.69) is 15.5 Å². The highest BCUT2D eigenvalue weighted by molar-refractivity contribution is 8.00. The first-order valence-electron chi connectivity index (χ1n) is 8.67. The van der Waals surface area contributed by atoms with Crippen molar-refractivity contribution in [3.05, 3.63) is 35.7 Å². The van der Waals surface area contributed by atoms with E-state index in [1.165, 1.54) is 11.8 Å². The second kappa shape index (κ2) is 9.96. The van der Waals surface area contributed by atoms with Crippen molar-refractivity contribution in [3.63, 3.8) is 0 Å². The van der Waals surface area contributed by atoms with Crippen LogP contribution in [0.3, 0.4) is 0 Å². The number of carbonyl (C=O) groups is 2. The van der Waals surface area contributed by atoms with Crippen LogP contribution in [-0.2, 0) is 22.6 Å². The van der Waals surface area contributed by atoms with E-state index < -0.39 is 0 Å². The number of carbonyl (C=O) groups excluding carboxylic acids is 2. The minimum Gasteiger partial charge on any atom is -0.497 e. The number of thioether (sulfide) groups is 1. The third-order valence-corrected chi connectivity index (χ3v) is 4.83. The number of esters is 1. The van der Waals surface area contributed by atoms with Gasteiger partial charge in [0.15, 0.2) is 11.0 Å². The van der Waals surface area contributed by atoms with Crippen molar-refractivity contribution in [2.24, 2.45) is 0 Å². The summed E-state index contributed by atoms with van der Waals surface area (Å²) in [7, 11) is 1.57. The van der Waals surface area contributed by atoms with Crippen molar-refractivity contribution in [1.29, 1.82) is 0 Å². The largest absolute Gasteiger partial charge is 0.497 e. The quantitative estimate of drug-likeness (QED) is 0.517. The highest BCUT2D eigenvalue weighted by Gasteiger charge is 2.20. The first-order valence-corrected chi connectivity index (χ1v) is 9.55. The summed E-state index contributed by atoms with van der Waals surface area (Å²) in [6.07, 6.45) is 0. The van der Waals surface area contributed by atoms with Crippen molar-refractivity contribution >= 4 is 23.6 Å². The van der Waals surface area contributed by atoms with Gasteiger partial charge in [-0.15, -0.1) is 10.2 Å². The molecule has 9 heteroatoms. The Bertz CT molecular complexity index is 776. The average Bonchev–Trinajstić information content (AvgIpc) is 3.07. The minimum atomic E-state index is -0.388. The summed E-state index contributed by atoms with van der Waals surface area (Å²) in [6.45, 7) is 6.69. The van der Waals surface area contributed by atoms with Crippen molar-refractivity contribution in [2.45, 2.75) is 44.3 Å². The van der Waals surface area contributed by atoms with Crippen LogP contribution in [0.25, 0.3) is 0 Å². The maximum atomic E-state index is 12.3. The number of ether oxygens (including phenoxy) is 2. The van der Waals surface area contributed by atoms with E-state index >= 15 is 0 Å². The van der Waals surface area contributed by atoms with E-state index in [9.17, 15) is 9.59 Å². The third kappa shape index (κ3) is 5.46. The second-order valence-electron chi connectivity index (χ2n) is 5.57. The average molecular weight is 392 g/mol. The highest BCUT2D eigenvalue weighted by atomic mass is 32.2. The van der Waals surface area contributed by atoms with Crippen LogP contribution < -0.4 is 10.1 Å². The van der Waals surface area contributed by atoms with Crippen molar-refractivity contribution < 1.29 is 19.1 Å². The van der Waals surface area contributed by atoms with E-state index in [4.69, 9.17) is 9.47 Å². The molecule has 1 aromatic carbocycles. The number of amides is 1. The lowest BCUT2D eigenvalue weighted by Crippen LogP contribution is -2.25. The molecular weight excluding hydrogens is 368 g/mol. The molecule has 0 aliphatic rings. The molecule has 0 radical (unpaired) electrons. The lowest BCUT2D eigenvalue weighted by atomic mass is 10.2. The Kier molecular flexibility index (Phi) is 7.66. The summed E-state index contributed by atoms with van der Waals surface area (Å²) in [5.41, 5.74) is 0.531. The molecule has 1 N–H and O–H groups in total. The van der Waals surface area contributed by atoms with Gasteiger partial charge >= 0.3 is 5.97 Å². The van der Waals surface area contributed by atoms with Gasteiger partial charge in [0.1, 0.15) is 11.0 Å². The number of nitrogens with one attached hydrogen (secondary N) is 1. The van der Waals surface area contributed by atoms with Crippen LogP contribution in [0.15, 0.2) is 29.4 Å². The fourth-order valence-corrected chi connectivity index (χ4v) is 3.25. The standard InChI is InChI=1S/C18H24N4O4S/c1-5-22-15(20-21-18(22)27-12(3)17(24)26-6-2)11-19-16(23)13-7-9-14(25-4)10-8-13/h7-10,12H,5-6,11H2,1-4H3,(H,19,23)/t12-/m1/s1. The van der Waals surface area contributed by atoms with E-state index in [0.29, 0.717) is 35.4 Å². The Balaban J connectivity index is 2.01. The monoisotopic (exact) mass is 392 g/mol. The highest BCUT2D eigenvalue weighted by Crippen LogP contribution is 2.23. The number of methoxy groups -OCH3 is 1. The Morgan fingerprint density at radius 3 is 2.52 bits per heavy atom. The lowest BCUT2D eigenvalue weighted by molar-refractivity contribution is -0.142. The summed E-state index contributed by atoms with van der Waals surface area (Å²) in [6, 6.07) is 6.85. The molecule has 1 atom stereocenters. The van der Waals surface area contributed by atoms with Crippen LogP contribution in [0, 0.1) is 0 Å². The molecule has 0 saturated heterocycles. The number of nitrogens with zero attached hydrogens (tertiary/aromatic N) is 3. The molecule has 1 aromatic heterocycles. The molecule has 0 saturated carbocycles. The maximum Gasteiger partial charge on any atom is 0.319 e. The molecule has 27 heavy (non-hydrogen) atoms. The van der Waals surface area contributed by atoms with Crippen LogP contribution in [-0.4, -0.2) is 45.6 Å². The molecule has 0 fully saturated rings. The number of hydrogen-bond acceptors (Lipinski definition) is 7. The SMILES string of the molecule is CCOC(=O)[C@@H](C)Sc1nnc(CNC(=O)c2ccc(OC)cc2)n1CC. The zero-order valence-electron chi connectivity index (χ0n) is 15.9. The predicted molar refractivity (Wildman–Crippen MR) is 102 cm³/mol. The molecule has 0 spiro atoms. The predicted octanol–water partition coefficient (Wildman–Crippen LogP) is 2.28. The topological polar surface area (TPSA) is 95.3 Å². The van der Waals surface area contributed by atoms with Crippen molar-refractivity contribution in [1.82, 2.24) is 20.1 Å². The van der Waals surface area contributed by atoms with Gasteiger partial charge in [0.2, 0.25) is 0 Å². The minimum absolute atomic E-state index is 0.211. The smallest absolute Gasteiger partial charge is 0.319 e. The van der Waals surface area contributed by atoms with Gasteiger partial charge in [-0.3, -0.25) is 9.59 Å². The lowest BCUT2D eigenvalue weighted by Gasteiger charge is -2.11. The summed E-state index contributed by atoms with van der Waals surface area (Å²) in [5.74, 6) is 0.812. The van der Waals surface area contributed by atoms with Gasteiger partial charge < -0.3 is 19.4 Å². The van der Waals surface area contributed by atoms with Crippen LogP contribution in [0.1, 0.15) is 37.0 Å². The van der Waals surface area contributed by atoms with Gasteiger partial charge in [0.25, 0.3) is 5.91 Å². The summed E-state index contributed by atoms with van der Waals surface area (Å²) < 4.78 is 12.0. The molecule has 2 aromatic rings.